The van der Waals surface area contributed by atoms with Gasteiger partial charge in [-0.1, -0.05) is 6.92 Å². The molecule has 4 fully saturated rings. The average molecular weight is 778 g/mol. The first-order chi connectivity index (χ1) is 24.8. The van der Waals surface area contributed by atoms with Crippen LogP contribution in [0, 0.1) is 5.92 Å². The normalized spacial score (nSPS) is 47.8. The Kier molecular flexibility index (Phi) is 14.9. The Morgan fingerprint density at radius 2 is 1.40 bits per heavy atom. The maximum absolute atomic E-state index is 12.7. The molecule has 4 aliphatic rings. The first kappa shape index (κ1) is 43.9. The van der Waals surface area contributed by atoms with Gasteiger partial charge in [0, 0.05) is 19.3 Å². The van der Waals surface area contributed by atoms with Crippen molar-refractivity contribution in [3.05, 3.63) is 0 Å². The van der Waals surface area contributed by atoms with E-state index in [0.717, 1.165) is 6.92 Å². The van der Waals surface area contributed by atoms with Gasteiger partial charge in [-0.15, -0.1) is 0 Å². The van der Waals surface area contributed by atoms with Crippen molar-refractivity contribution in [2.24, 2.45) is 5.92 Å². The molecule has 0 saturated carbocycles. The summed E-state index contributed by atoms with van der Waals surface area (Å²) in [6, 6.07) is -1.59. The molecule has 53 heavy (non-hydrogen) atoms. The number of aliphatic hydroxyl groups excluding tert-OH is 12. The van der Waals surface area contributed by atoms with Crippen LogP contribution in [0.4, 0.5) is 0 Å². The van der Waals surface area contributed by atoms with E-state index in [1.165, 1.54) is 13.8 Å². The van der Waals surface area contributed by atoms with Gasteiger partial charge in [0.1, 0.15) is 79.3 Å². The molecular weight excluding hydrogens is 726 g/mol. The molecule has 4 heterocycles. The van der Waals surface area contributed by atoms with Gasteiger partial charge in [-0.25, -0.2) is 4.79 Å². The summed E-state index contributed by atoms with van der Waals surface area (Å²) in [4.78, 5) is 24.9. The lowest BCUT2D eigenvalue weighted by Crippen LogP contribution is -2.70. The van der Waals surface area contributed by atoms with Crippen molar-refractivity contribution in [3.63, 3.8) is 0 Å². The van der Waals surface area contributed by atoms with Gasteiger partial charge in [-0.3, -0.25) is 4.79 Å². The van der Waals surface area contributed by atoms with E-state index in [4.69, 9.17) is 33.2 Å². The standard InChI is InChI=1S/C30H51NO22/c1-8-11(36)4-30(29(45)46,52-22(8)17(39)12(37)5-32)53-25-18(40)13(6-33)49-28(21(25)43)50-23-14(7-34)48-26(44)15(31-10(3)35)24(23)51-27-20(42)19(41)16(38)9(2)47-27/h8-9,11-28,32-34,36-44H,4-7H2,1-3H3,(H,31,35)(H,45,46)/t8?,9?,11?,12-,13?,14?,15?,16?,17-,18?,19?,20?,21?,22?,23?,24?,25?,26?,27?,28?,30?/m1/s1. The smallest absolute Gasteiger partial charge is 0.364 e. The minimum Gasteiger partial charge on any atom is -0.477 e. The number of hydrogen-bond donors (Lipinski definition) is 14. The fourth-order valence-corrected chi connectivity index (χ4v) is 6.77. The van der Waals surface area contributed by atoms with Crippen LogP contribution >= 0.6 is 0 Å². The first-order valence-electron chi connectivity index (χ1n) is 16.9. The van der Waals surface area contributed by atoms with Crippen LogP contribution in [0.5, 0.6) is 0 Å². The Morgan fingerprint density at radius 3 is 1.96 bits per heavy atom. The van der Waals surface area contributed by atoms with Crippen LogP contribution in [-0.4, -0.2) is 220 Å². The molecule has 0 aromatic carbocycles. The van der Waals surface area contributed by atoms with E-state index < -0.39 is 166 Å². The maximum Gasteiger partial charge on any atom is 0.364 e. The van der Waals surface area contributed by atoms with Crippen LogP contribution in [-0.2, 0) is 42.7 Å². The molecule has 23 heteroatoms. The number of nitrogens with one attached hydrogen (secondary N) is 1. The molecule has 0 aliphatic carbocycles. The number of carboxylic acid groups (broad SMARTS) is 1. The van der Waals surface area contributed by atoms with Crippen LogP contribution in [0.3, 0.4) is 0 Å². The summed E-state index contributed by atoms with van der Waals surface area (Å²) in [7, 11) is 0. The van der Waals surface area contributed by atoms with Gasteiger partial charge < -0.3 is 105 Å². The van der Waals surface area contributed by atoms with Crippen molar-refractivity contribution in [1.82, 2.24) is 5.32 Å². The first-order valence-corrected chi connectivity index (χ1v) is 16.9. The second-order valence-electron chi connectivity index (χ2n) is 13.7. The summed E-state index contributed by atoms with van der Waals surface area (Å²) < 4.78 is 39.7. The SMILES string of the molecule is CC(=O)NC1C(O)OC(CO)C(OC2OC(CO)C(O)C(OC3(C(=O)O)CC(O)C(C)C([C@H](O)[C@H](O)CO)O3)C2O)C1OC1OC(C)C(O)C(O)C1O. The van der Waals surface area contributed by atoms with E-state index in [9.17, 15) is 76.0 Å². The number of ether oxygens (including phenoxy) is 7. The monoisotopic (exact) mass is 777 g/mol. The third-order valence-electron chi connectivity index (χ3n) is 9.93. The van der Waals surface area contributed by atoms with Gasteiger partial charge in [0.2, 0.25) is 5.91 Å². The molecule has 0 radical (unpaired) electrons. The minimum atomic E-state index is -2.95. The Hall–Kier alpha value is -1.82. The van der Waals surface area contributed by atoms with Gasteiger partial charge >= 0.3 is 5.97 Å². The molecule has 4 aliphatic heterocycles. The molecule has 0 aromatic heterocycles. The third-order valence-corrected chi connectivity index (χ3v) is 9.93. The molecular formula is C30H51NO22. The lowest BCUT2D eigenvalue weighted by atomic mass is 9.84. The quantitative estimate of drug-likeness (QED) is 0.0825. The van der Waals surface area contributed by atoms with Crippen molar-refractivity contribution in [2.45, 2.75) is 149 Å². The van der Waals surface area contributed by atoms with Crippen molar-refractivity contribution in [3.8, 4) is 0 Å². The van der Waals surface area contributed by atoms with Crippen molar-refractivity contribution >= 4 is 11.9 Å². The molecule has 308 valence electrons. The highest BCUT2D eigenvalue weighted by atomic mass is 16.8. The third kappa shape index (κ3) is 9.09. The zero-order chi connectivity index (χ0) is 39.7. The van der Waals surface area contributed by atoms with Crippen molar-refractivity contribution < 1.29 is 109 Å². The van der Waals surface area contributed by atoms with E-state index in [2.05, 4.69) is 5.32 Å². The van der Waals surface area contributed by atoms with Crippen LogP contribution in [0.1, 0.15) is 27.2 Å². The van der Waals surface area contributed by atoms with Crippen LogP contribution in [0.25, 0.3) is 0 Å². The molecule has 4 saturated heterocycles. The summed E-state index contributed by atoms with van der Waals surface area (Å²) in [5.41, 5.74) is 0. The van der Waals surface area contributed by atoms with Crippen molar-refractivity contribution in [2.75, 3.05) is 19.8 Å². The summed E-state index contributed by atoms with van der Waals surface area (Å²) in [5, 5.41) is 138. The van der Waals surface area contributed by atoms with E-state index in [0.29, 0.717) is 0 Å². The highest BCUT2D eigenvalue weighted by Gasteiger charge is 2.60. The van der Waals surface area contributed by atoms with Crippen LogP contribution < -0.4 is 5.32 Å². The Morgan fingerprint density at radius 1 is 0.792 bits per heavy atom. The minimum absolute atomic E-state index is 0.745. The second-order valence-corrected chi connectivity index (χ2v) is 13.7. The van der Waals surface area contributed by atoms with Crippen LogP contribution in [0.2, 0.25) is 0 Å². The predicted octanol–water partition coefficient (Wildman–Crippen LogP) is -8.10. The number of aliphatic hydroxyl groups is 12. The van der Waals surface area contributed by atoms with E-state index in [1.807, 2.05) is 0 Å². The highest BCUT2D eigenvalue weighted by molar-refractivity contribution is 5.76. The molecule has 1 amide bonds. The number of carboxylic acids is 1. The van der Waals surface area contributed by atoms with Crippen molar-refractivity contribution in [1.29, 1.82) is 0 Å². The predicted molar refractivity (Wildman–Crippen MR) is 164 cm³/mol. The lowest BCUT2D eigenvalue weighted by molar-refractivity contribution is -0.391. The van der Waals surface area contributed by atoms with Gasteiger partial charge in [0.15, 0.2) is 18.9 Å². The van der Waals surface area contributed by atoms with Gasteiger partial charge in [-0.2, -0.15) is 0 Å². The topological polar surface area (TPSA) is 374 Å². The molecule has 0 bridgehead atoms. The largest absolute Gasteiger partial charge is 0.477 e. The zero-order valence-electron chi connectivity index (χ0n) is 28.9. The molecule has 0 spiro atoms. The highest BCUT2D eigenvalue weighted by Crippen LogP contribution is 2.40. The van der Waals surface area contributed by atoms with E-state index in [-0.39, 0.29) is 0 Å². The number of amides is 1. The molecule has 21 atom stereocenters. The summed E-state index contributed by atoms with van der Waals surface area (Å²) in [6.07, 6.45) is -33.3. The van der Waals surface area contributed by atoms with Gasteiger partial charge in [-0.05, 0) is 6.92 Å². The Labute approximate surface area is 301 Å². The molecule has 4 rings (SSSR count). The Bertz CT molecular complexity index is 1220. The number of carbonyl (C=O) groups is 2. The summed E-state index contributed by atoms with van der Waals surface area (Å²) >= 11 is 0. The second kappa shape index (κ2) is 18.0. The summed E-state index contributed by atoms with van der Waals surface area (Å²) in [6.45, 7) is 0.839. The number of aliphatic carboxylic acids is 1. The molecule has 23 nitrogen and oxygen atoms in total. The molecule has 0 aromatic rings. The van der Waals surface area contributed by atoms with E-state index >= 15 is 0 Å². The fourth-order valence-electron chi connectivity index (χ4n) is 6.77. The molecule has 14 N–H and O–H groups in total. The zero-order valence-corrected chi connectivity index (χ0v) is 28.9. The number of hydrogen-bond acceptors (Lipinski definition) is 21. The number of rotatable bonds is 13. The maximum atomic E-state index is 12.7. The van der Waals surface area contributed by atoms with Gasteiger partial charge in [0.25, 0.3) is 5.79 Å². The lowest BCUT2D eigenvalue weighted by Gasteiger charge is -2.51. The Balaban J connectivity index is 1.69. The van der Waals surface area contributed by atoms with E-state index in [1.54, 1.807) is 0 Å². The fraction of sp³-hybridized carbons (Fsp3) is 0.933. The average Bonchev–Trinajstić information content (AvgIpc) is 3.11. The molecule has 19 unspecified atom stereocenters. The van der Waals surface area contributed by atoms with Gasteiger partial charge in [0.05, 0.1) is 38.1 Å². The number of carbonyl (C=O) groups excluding carboxylic acids is 1. The van der Waals surface area contributed by atoms with Crippen LogP contribution in [0.15, 0.2) is 0 Å². The summed E-state index contributed by atoms with van der Waals surface area (Å²) in [5.74, 6) is -6.66.